The van der Waals surface area contributed by atoms with Gasteiger partial charge < -0.3 is 5.32 Å². The molecule has 2 heterocycles. The van der Waals surface area contributed by atoms with Crippen molar-refractivity contribution in [1.29, 1.82) is 0 Å². The zero-order chi connectivity index (χ0) is 14.4. The lowest BCUT2D eigenvalue weighted by Gasteiger charge is -2.29. The molecule has 0 saturated carbocycles. The molecule has 1 fully saturated rings. The topological polar surface area (TPSA) is 33.1 Å². The fraction of sp³-hybridized carbons (Fsp3) is 0.812. The highest BCUT2D eigenvalue weighted by molar-refractivity contribution is 5.10. The number of aryl methyl sites for hydroxylation is 2. The highest BCUT2D eigenvalue weighted by Crippen LogP contribution is 2.16. The van der Waals surface area contributed by atoms with Gasteiger partial charge in [-0.25, -0.2) is 0 Å². The summed E-state index contributed by atoms with van der Waals surface area (Å²) in [7, 11) is 2.07. The first-order valence-electron chi connectivity index (χ1n) is 8.17. The Morgan fingerprint density at radius 1 is 1.35 bits per heavy atom. The van der Waals surface area contributed by atoms with Crippen LogP contribution in [0.2, 0.25) is 0 Å². The number of nitrogens with zero attached hydrogens (tertiary/aromatic N) is 3. The van der Waals surface area contributed by atoms with Crippen LogP contribution in [-0.4, -0.2) is 40.9 Å². The first-order valence-corrected chi connectivity index (χ1v) is 8.17. The van der Waals surface area contributed by atoms with Crippen LogP contribution in [0.3, 0.4) is 0 Å². The molecular weight excluding hydrogens is 248 g/mol. The second-order valence-electron chi connectivity index (χ2n) is 6.03. The van der Waals surface area contributed by atoms with Gasteiger partial charge in [0.1, 0.15) is 0 Å². The van der Waals surface area contributed by atoms with Gasteiger partial charge in [0.15, 0.2) is 0 Å². The molecule has 1 N–H and O–H groups in total. The van der Waals surface area contributed by atoms with E-state index in [1.807, 2.05) is 0 Å². The number of aromatic nitrogens is 2. The smallest absolute Gasteiger partial charge is 0.0625 e. The van der Waals surface area contributed by atoms with E-state index in [9.17, 15) is 0 Å². The van der Waals surface area contributed by atoms with Crippen LogP contribution in [0.25, 0.3) is 0 Å². The van der Waals surface area contributed by atoms with E-state index < -0.39 is 0 Å². The first-order chi connectivity index (χ1) is 9.72. The average molecular weight is 278 g/mol. The molecule has 1 aliphatic rings. The predicted molar refractivity (Wildman–Crippen MR) is 83.7 cm³/mol. The van der Waals surface area contributed by atoms with Gasteiger partial charge in [-0.15, -0.1) is 0 Å². The van der Waals surface area contributed by atoms with E-state index in [1.54, 1.807) is 0 Å². The molecule has 1 saturated heterocycles. The molecular formula is C16H30N4. The maximum atomic E-state index is 4.57. The molecule has 0 atom stereocenters. The van der Waals surface area contributed by atoms with Crippen molar-refractivity contribution < 1.29 is 0 Å². The van der Waals surface area contributed by atoms with Crippen molar-refractivity contribution in [2.75, 3.05) is 26.2 Å². The van der Waals surface area contributed by atoms with Gasteiger partial charge in [0.2, 0.25) is 0 Å². The maximum Gasteiger partial charge on any atom is 0.0625 e. The van der Waals surface area contributed by atoms with Gasteiger partial charge in [-0.05, 0) is 57.3 Å². The van der Waals surface area contributed by atoms with Gasteiger partial charge in [-0.1, -0.05) is 13.8 Å². The lowest BCUT2D eigenvalue weighted by atomic mass is 9.97. The minimum Gasteiger partial charge on any atom is -0.317 e. The van der Waals surface area contributed by atoms with Crippen LogP contribution in [0.5, 0.6) is 0 Å². The number of hydrogen-bond donors (Lipinski definition) is 1. The van der Waals surface area contributed by atoms with Crippen LogP contribution in [0.4, 0.5) is 0 Å². The molecule has 1 aliphatic heterocycles. The molecule has 0 amide bonds. The largest absolute Gasteiger partial charge is 0.317 e. The monoisotopic (exact) mass is 278 g/mol. The summed E-state index contributed by atoms with van der Waals surface area (Å²) in [4.78, 5) is 2.62. The van der Waals surface area contributed by atoms with Crippen molar-refractivity contribution in [1.82, 2.24) is 20.0 Å². The number of hydrogen-bond acceptors (Lipinski definition) is 3. The predicted octanol–water partition coefficient (Wildman–Crippen LogP) is 2.19. The summed E-state index contributed by atoms with van der Waals surface area (Å²) < 4.78 is 2.06. The fourth-order valence-electron chi connectivity index (χ4n) is 3.10. The van der Waals surface area contributed by atoms with Crippen LogP contribution in [0.15, 0.2) is 6.07 Å². The molecule has 2 rings (SSSR count). The van der Waals surface area contributed by atoms with Gasteiger partial charge in [-0.3, -0.25) is 9.58 Å². The Balaban J connectivity index is 1.94. The van der Waals surface area contributed by atoms with Crippen molar-refractivity contribution >= 4 is 0 Å². The summed E-state index contributed by atoms with van der Waals surface area (Å²) in [5.74, 6) is 0.863. The Hall–Kier alpha value is -0.870. The molecule has 1 aromatic rings. The summed E-state index contributed by atoms with van der Waals surface area (Å²) in [5, 5.41) is 8.03. The molecule has 0 spiro atoms. The third-order valence-corrected chi connectivity index (χ3v) is 4.29. The molecule has 20 heavy (non-hydrogen) atoms. The van der Waals surface area contributed by atoms with E-state index in [0.29, 0.717) is 0 Å². The second-order valence-corrected chi connectivity index (χ2v) is 6.03. The molecule has 0 aliphatic carbocycles. The van der Waals surface area contributed by atoms with E-state index in [-0.39, 0.29) is 0 Å². The SMILES string of the molecule is CCCN(Cc1cc(CC)nn1C)CC1CCNCC1. The fourth-order valence-corrected chi connectivity index (χ4v) is 3.10. The van der Waals surface area contributed by atoms with Crippen molar-refractivity contribution in [3.05, 3.63) is 17.5 Å². The zero-order valence-electron chi connectivity index (χ0n) is 13.4. The lowest BCUT2D eigenvalue weighted by Crippen LogP contribution is -2.36. The minimum absolute atomic E-state index is 0.863. The van der Waals surface area contributed by atoms with E-state index in [0.717, 1.165) is 18.9 Å². The second kappa shape index (κ2) is 7.79. The average Bonchev–Trinajstić information content (AvgIpc) is 2.81. The van der Waals surface area contributed by atoms with E-state index in [2.05, 4.69) is 47.0 Å². The summed E-state index contributed by atoms with van der Waals surface area (Å²) in [6.45, 7) is 10.3. The number of rotatable bonds is 7. The highest BCUT2D eigenvalue weighted by Gasteiger charge is 2.18. The summed E-state index contributed by atoms with van der Waals surface area (Å²) >= 11 is 0. The molecule has 0 aromatic carbocycles. The van der Waals surface area contributed by atoms with Crippen molar-refractivity contribution in [3.63, 3.8) is 0 Å². The molecule has 114 valence electrons. The third kappa shape index (κ3) is 4.32. The molecule has 4 heteroatoms. The van der Waals surface area contributed by atoms with Crippen LogP contribution in [0, 0.1) is 5.92 Å². The Morgan fingerprint density at radius 2 is 2.10 bits per heavy atom. The number of piperidine rings is 1. The van der Waals surface area contributed by atoms with Gasteiger partial charge in [-0.2, -0.15) is 5.10 Å². The summed E-state index contributed by atoms with van der Waals surface area (Å²) in [5.41, 5.74) is 2.56. The zero-order valence-corrected chi connectivity index (χ0v) is 13.4. The van der Waals surface area contributed by atoms with Crippen LogP contribution in [0.1, 0.15) is 44.5 Å². The normalized spacial score (nSPS) is 17.0. The lowest BCUT2D eigenvalue weighted by molar-refractivity contribution is 0.195. The highest BCUT2D eigenvalue weighted by atomic mass is 15.3. The molecule has 0 unspecified atom stereocenters. The Bertz CT molecular complexity index is 393. The Morgan fingerprint density at radius 3 is 2.70 bits per heavy atom. The van der Waals surface area contributed by atoms with Crippen molar-refractivity contribution in [2.24, 2.45) is 13.0 Å². The summed E-state index contributed by atoms with van der Waals surface area (Å²) in [6, 6.07) is 2.27. The van der Waals surface area contributed by atoms with Crippen LogP contribution in [-0.2, 0) is 20.0 Å². The molecule has 4 nitrogen and oxygen atoms in total. The van der Waals surface area contributed by atoms with Gasteiger partial charge in [0.25, 0.3) is 0 Å². The van der Waals surface area contributed by atoms with Gasteiger partial charge >= 0.3 is 0 Å². The van der Waals surface area contributed by atoms with E-state index in [1.165, 1.54) is 56.8 Å². The van der Waals surface area contributed by atoms with Crippen molar-refractivity contribution in [2.45, 2.75) is 46.1 Å². The molecule has 0 bridgehead atoms. The number of nitrogens with one attached hydrogen (secondary N) is 1. The maximum absolute atomic E-state index is 4.57. The third-order valence-electron chi connectivity index (χ3n) is 4.29. The van der Waals surface area contributed by atoms with Crippen LogP contribution < -0.4 is 5.32 Å². The molecule has 0 radical (unpaired) electrons. The van der Waals surface area contributed by atoms with E-state index in [4.69, 9.17) is 0 Å². The van der Waals surface area contributed by atoms with Crippen LogP contribution >= 0.6 is 0 Å². The van der Waals surface area contributed by atoms with Gasteiger partial charge in [0, 0.05) is 20.1 Å². The molecule has 1 aromatic heterocycles. The van der Waals surface area contributed by atoms with Crippen molar-refractivity contribution in [3.8, 4) is 0 Å². The summed E-state index contributed by atoms with van der Waals surface area (Å²) in [6.07, 6.45) is 4.90. The quantitative estimate of drug-likeness (QED) is 0.830. The van der Waals surface area contributed by atoms with Gasteiger partial charge in [0.05, 0.1) is 11.4 Å². The van der Waals surface area contributed by atoms with E-state index >= 15 is 0 Å². The minimum atomic E-state index is 0.863. The first kappa shape index (κ1) is 15.5. The standard InChI is InChI=1S/C16H30N4/c1-4-10-20(12-14-6-8-17-9-7-14)13-16-11-15(5-2)18-19(16)3/h11,14,17H,4-10,12-13H2,1-3H3. The Labute approximate surface area is 123 Å². The Kier molecular flexibility index (Phi) is 6.05.